The van der Waals surface area contributed by atoms with E-state index in [1.165, 1.54) is 0 Å². The van der Waals surface area contributed by atoms with Gasteiger partial charge in [-0.2, -0.15) is 4.31 Å². The summed E-state index contributed by atoms with van der Waals surface area (Å²) in [6.45, 7) is 6.95. The monoisotopic (exact) mass is 297 g/mol. The third-order valence-electron chi connectivity index (χ3n) is 3.84. The topological polar surface area (TPSA) is 75.4 Å². The molecule has 2 rings (SSSR count). The van der Waals surface area contributed by atoms with Gasteiger partial charge in [-0.15, -0.1) is 0 Å². The molecule has 0 radical (unpaired) electrons. The average molecular weight is 297 g/mol. The first-order chi connectivity index (χ1) is 9.36. The summed E-state index contributed by atoms with van der Waals surface area (Å²) < 4.78 is 27.3. The Bertz CT molecular complexity index is 575. The predicted molar refractivity (Wildman–Crippen MR) is 80.9 cm³/mol. The van der Waals surface area contributed by atoms with E-state index in [4.69, 9.17) is 5.84 Å². The number of piperidine rings is 1. The van der Waals surface area contributed by atoms with Gasteiger partial charge in [0.2, 0.25) is 10.0 Å². The zero-order chi connectivity index (χ0) is 14.9. The number of aryl methyl sites for hydroxylation is 2. The summed E-state index contributed by atoms with van der Waals surface area (Å²) >= 11 is 0. The molecule has 6 heteroatoms. The fraction of sp³-hybridized carbons (Fsp3) is 0.571. The number of nitrogens with one attached hydrogen (secondary N) is 1. The van der Waals surface area contributed by atoms with Crippen molar-refractivity contribution in [2.24, 2.45) is 11.8 Å². The molecule has 1 aromatic carbocycles. The zero-order valence-electron chi connectivity index (χ0n) is 12.3. The van der Waals surface area contributed by atoms with E-state index in [-0.39, 0.29) is 0 Å². The highest BCUT2D eigenvalue weighted by molar-refractivity contribution is 7.89. The molecule has 3 N–H and O–H groups in total. The Morgan fingerprint density at radius 1 is 1.30 bits per heavy atom. The minimum atomic E-state index is -3.42. The van der Waals surface area contributed by atoms with Crippen LogP contribution in [0, 0.1) is 19.8 Å². The molecule has 1 atom stereocenters. The van der Waals surface area contributed by atoms with Crippen LogP contribution in [0.2, 0.25) is 0 Å². The van der Waals surface area contributed by atoms with Gasteiger partial charge in [-0.05, 0) is 55.9 Å². The van der Waals surface area contributed by atoms with Crippen LogP contribution in [-0.2, 0) is 10.0 Å². The van der Waals surface area contributed by atoms with E-state index in [0.717, 1.165) is 29.7 Å². The number of hydrogen-bond donors (Lipinski definition) is 2. The van der Waals surface area contributed by atoms with Crippen molar-refractivity contribution in [2.75, 3.05) is 18.5 Å². The highest BCUT2D eigenvalue weighted by Gasteiger charge is 2.31. The van der Waals surface area contributed by atoms with E-state index in [1.807, 2.05) is 13.8 Å². The largest absolute Gasteiger partial charge is 0.324 e. The van der Waals surface area contributed by atoms with Gasteiger partial charge in [0.05, 0.1) is 4.90 Å². The second-order valence-electron chi connectivity index (χ2n) is 5.69. The van der Waals surface area contributed by atoms with Gasteiger partial charge in [0.15, 0.2) is 0 Å². The van der Waals surface area contributed by atoms with Crippen molar-refractivity contribution in [1.29, 1.82) is 0 Å². The highest BCUT2D eigenvalue weighted by Crippen LogP contribution is 2.29. The number of nitrogens with two attached hydrogens (primary N) is 1. The molecule has 1 fully saturated rings. The van der Waals surface area contributed by atoms with Crippen LogP contribution in [0.1, 0.15) is 30.9 Å². The third-order valence-corrected chi connectivity index (χ3v) is 6.02. The lowest BCUT2D eigenvalue weighted by Crippen LogP contribution is -2.39. The smallest absolute Gasteiger partial charge is 0.243 e. The van der Waals surface area contributed by atoms with Gasteiger partial charge in [-0.3, -0.25) is 5.84 Å². The molecule has 1 aromatic rings. The van der Waals surface area contributed by atoms with Gasteiger partial charge in [-0.25, -0.2) is 8.42 Å². The number of hydrogen-bond acceptors (Lipinski definition) is 4. The summed E-state index contributed by atoms with van der Waals surface area (Å²) in [5.41, 5.74) is 4.76. The molecule has 0 bridgehead atoms. The molecule has 112 valence electrons. The normalized spacial score (nSPS) is 20.9. The second-order valence-corrected chi connectivity index (χ2v) is 7.57. The van der Waals surface area contributed by atoms with Crippen LogP contribution < -0.4 is 11.3 Å². The van der Waals surface area contributed by atoms with E-state index in [2.05, 4.69) is 12.3 Å². The molecule has 20 heavy (non-hydrogen) atoms. The van der Waals surface area contributed by atoms with Crippen LogP contribution in [0.25, 0.3) is 0 Å². The maximum atomic E-state index is 12.8. The van der Waals surface area contributed by atoms with Crippen LogP contribution in [0.15, 0.2) is 17.0 Å². The molecule has 1 aliphatic rings. The summed E-state index contributed by atoms with van der Waals surface area (Å²) in [6, 6.07) is 3.54. The number of hydrazine groups is 1. The van der Waals surface area contributed by atoms with E-state index in [1.54, 1.807) is 16.4 Å². The Morgan fingerprint density at radius 3 is 2.40 bits per heavy atom. The molecule has 1 heterocycles. The number of sulfonamides is 1. The summed E-state index contributed by atoms with van der Waals surface area (Å²) in [5, 5.41) is 0. The van der Waals surface area contributed by atoms with Crippen molar-refractivity contribution >= 4 is 15.7 Å². The number of benzene rings is 1. The quantitative estimate of drug-likeness (QED) is 0.661. The Morgan fingerprint density at radius 2 is 1.90 bits per heavy atom. The number of anilines is 1. The summed E-state index contributed by atoms with van der Waals surface area (Å²) in [7, 11) is -3.42. The minimum absolute atomic E-state index is 0.420. The van der Waals surface area contributed by atoms with Crippen molar-refractivity contribution in [3.8, 4) is 0 Å². The predicted octanol–water partition coefficient (Wildman–Crippen LogP) is 2.01. The Balaban J connectivity index is 2.44. The van der Waals surface area contributed by atoms with Crippen LogP contribution in [0.4, 0.5) is 5.69 Å². The van der Waals surface area contributed by atoms with Gasteiger partial charge < -0.3 is 5.43 Å². The van der Waals surface area contributed by atoms with Crippen molar-refractivity contribution in [3.05, 3.63) is 23.3 Å². The highest BCUT2D eigenvalue weighted by atomic mass is 32.2. The van der Waals surface area contributed by atoms with Crippen LogP contribution in [0.3, 0.4) is 0 Å². The van der Waals surface area contributed by atoms with Gasteiger partial charge in [0, 0.05) is 18.8 Å². The van der Waals surface area contributed by atoms with Crippen LogP contribution in [-0.4, -0.2) is 25.8 Å². The zero-order valence-corrected chi connectivity index (χ0v) is 13.1. The Labute approximate surface area is 121 Å². The fourth-order valence-electron chi connectivity index (χ4n) is 2.93. The lowest BCUT2D eigenvalue weighted by molar-refractivity contribution is 0.281. The maximum absolute atomic E-state index is 12.8. The molecule has 0 amide bonds. The van der Waals surface area contributed by atoms with Crippen molar-refractivity contribution in [3.63, 3.8) is 0 Å². The molecule has 5 nitrogen and oxygen atoms in total. The first-order valence-corrected chi connectivity index (χ1v) is 8.38. The Hall–Kier alpha value is -1.11. The minimum Gasteiger partial charge on any atom is -0.324 e. The maximum Gasteiger partial charge on any atom is 0.243 e. The molecule has 1 aliphatic heterocycles. The van der Waals surface area contributed by atoms with Gasteiger partial charge in [0.25, 0.3) is 0 Å². The molecule has 0 saturated carbocycles. The molecule has 0 aromatic heterocycles. The van der Waals surface area contributed by atoms with Crippen molar-refractivity contribution < 1.29 is 8.42 Å². The molecule has 1 saturated heterocycles. The van der Waals surface area contributed by atoms with Gasteiger partial charge >= 0.3 is 0 Å². The molecular weight excluding hydrogens is 274 g/mol. The Kier molecular flexibility index (Phi) is 4.36. The number of nitrogen functional groups attached to an aromatic ring is 1. The standard InChI is InChI=1S/C14H23N3O2S/c1-10-5-4-6-17(9-10)20(18,19)14-11(2)7-13(16-15)8-12(14)3/h7-8,10,16H,4-6,9,15H2,1-3H3. The lowest BCUT2D eigenvalue weighted by atomic mass is 10.0. The molecule has 0 aliphatic carbocycles. The fourth-order valence-corrected chi connectivity index (χ4v) is 4.94. The van der Waals surface area contributed by atoms with E-state index in [0.29, 0.717) is 23.9 Å². The second kappa shape index (κ2) is 5.71. The molecule has 0 spiro atoms. The van der Waals surface area contributed by atoms with Gasteiger partial charge in [-0.1, -0.05) is 6.92 Å². The van der Waals surface area contributed by atoms with E-state index < -0.39 is 10.0 Å². The number of rotatable bonds is 3. The molecular formula is C14H23N3O2S. The van der Waals surface area contributed by atoms with Crippen molar-refractivity contribution in [2.45, 2.75) is 38.5 Å². The number of nitrogens with zero attached hydrogens (tertiary/aromatic N) is 1. The van der Waals surface area contributed by atoms with Crippen LogP contribution in [0.5, 0.6) is 0 Å². The van der Waals surface area contributed by atoms with E-state index >= 15 is 0 Å². The van der Waals surface area contributed by atoms with Gasteiger partial charge in [0.1, 0.15) is 0 Å². The lowest BCUT2D eigenvalue weighted by Gasteiger charge is -2.31. The SMILES string of the molecule is Cc1cc(NN)cc(C)c1S(=O)(=O)N1CCCC(C)C1. The first kappa shape index (κ1) is 15.3. The van der Waals surface area contributed by atoms with E-state index in [9.17, 15) is 8.42 Å². The first-order valence-electron chi connectivity index (χ1n) is 6.94. The summed E-state index contributed by atoms with van der Waals surface area (Å²) in [6.07, 6.45) is 2.03. The summed E-state index contributed by atoms with van der Waals surface area (Å²) in [5.74, 6) is 5.82. The summed E-state index contributed by atoms with van der Waals surface area (Å²) in [4.78, 5) is 0.422. The molecule has 1 unspecified atom stereocenters. The van der Waals surface area contributed by atoms with Crippen molar-refractivity contribution in [1.82, 2.24) is 4.31 Å². The third kappa shape index (κ3) is 2.82. The average Bonchev–Trinajstić information content (AvgIpc) is 2.37. The van der Waals surface area contributed by atoms with Crippen LogP contribution >= 0.6 is 0 Å².